The summed E-state index contributed by atoms with van der Waals surface area (Å²) in [4.78, 5) is 23.9. The highest BCUT2D eigenvalue weighted by Gasteiger charge is 2.85. The van der Waals surface area contributed by atoms with Gasteiger partial charge in [-0.25, -0.2) is 0 Å². The summed E-state index contributed by atoms with van der Waals surface area (Å²) in [5, 5.41) is 54.6. The highest BCUT2D eigenvalue weighted by atomic mass is 16.7. The van der Waals surface area contributed by atoms with Gasteiger partial charge >= 0.3 is 11.9 Å². The van der Waals surface area contributed by atoms with E-state index < -0.39 is 55.0 Å². The molecule has 0 aromatic heterocycles. The van der Waals surface area contributed by atoms with Gasteiger partial charge in [-0.15, -0.1) is 0 Å². The number of fused-ring (bicyclic) bond motifs is 3. The molecular formula is C40H64O11. The molecule has 6 rings (SSSR count). The monoisotopic (exact) mass is 720 g/mol. The molecule has 51 heavy (non-hydrogen) atoms. The molecule has 6 aliphatic rings. The van der Waals surface area contributed by atoms with Gasteiger partial charge in [0.25, 0.3) is 0 Å². The molecule has 5 saturated carbocycles. The maximum absolute atomic E-state index is 12.3. The zero-order valence-electron chi connectivity index (χ0n) is 32.0. The average Bonchev–Trinajstić information content (AvgIpc) is 3.62. The fourth-order valence-corrected chi connectivity index (χ4v) is 13.6. The molecular weight excluding hydrogens is 656 g/mol. The zero-order chi connectivity index (χ0) is 37.6. The van der Waals surface area contributed by atoms with Gasteiger partial charge in [0, 0.05) is 24.7 Å². The molecule has 0 aromatic carbocycles. The summed E-state index contributed by atoms with van der Waals surface area (Å²) in [6.45, 7) is 19.5. The SMILES string of the molecule is C=C(C)[C@H](O)[C@@H](O)C[C@H](C)[C@@H]1CC[C@]23C[C@]12CC[C@@H]1[C@@]2(C)CC[C@@H](OC(C)=O)C(C)(C)[C@H]2C[C@@H](O[C@H]2O[C@@H](COC(C)=O)[C@H](O)[C@@H](O)[C@@H]2O)[C@]13C. The van der Waals surface area contributed by atoms with Crippen LogP contribution in [0.2, 0.25) is 0 Å². The molecule has 290 valence electrons. The van der Waals surface area contributed by atoms with Gasteiger partial charge in [-0.05, 0) is 110 Å². The van der Waals surface area contributed by atoms with E-state index in [0.29, 0.717) is 24.3 Å². The Balaban J connectivity index is 1.36. The maximum Gasteiger partial charge on any atom is 0.302 e. The van der Waals surface area contributed by atoms with Crippen molar-refractivity contribution >= 4 is 11.9 Å². The molecule has 0 radical (unpaired) electrons. The Bertz CT molecular complexity index is 1370. The third kappa shape index (κ3) is 5.86. The molecule has 0 spiro atoms. The highest BCUT2D eigenvalue weighted by Crippen LogP contribution is 2.91. The maximum atomic E-state index is 12.3. The first kappa shape index (κ1) is 39.1. The minimum atomic E-state index is -1.57. The Kier molecular flexibility index (Phi) is 10.2. The second kappa shape index (κ2) is 13.3. The number of hydrogen-bond acceptors (Lipinski definition) is 11. The fourth-order valence-electron chi connectivity index (χ4n) is 13.6. The number of aliphatic hydroxyl groups is 5. The van der Waals surface area contributed by atoms with Crippen molar-refractivity contribution < 1.29 is 54.1 Å². The van der Waals surface area contributed by atoms with E-state index >= 15 is 0 Å². The van der Waals surface area contributed by atoms with Crippen molar-refractivity contribution in [1.29, 1.82) is 0 Å². The van der Waals surface area contributed by atoms with Gasteiger partial charge in [-0.3, -0.25) is 9.59 Å². The van der Waals surface area contributed by atoms with E-state index in [1.165, 1.54) is 13.8 Å². The molecule has 11 heteroatoms. The van der Waals surface area contributed by atoms with Gasteiger partial charge in [0.15, 0.2) is 6.29 Å². The van der Waals surface area contributed by atoms with Crippen LogP contribution < -0.4 is 0 Å². The number of aliphatic hydroxyl groups excluding tert-OH is 5. The van der Waals surface area contributed by atoms with Crippen molar-refractivity contribution in [1.82, 2.24) is 0 Å². The van der Waals surface area contributed by atoms with E-state index in [2.05, 4.69) is 41.2 Å². The predicted molar refractivity (Wildman–Crippen MR) is 187 cm³/mol. The number of carbonyl (C=O) groups excluding carboxylic acids is 2. The van der Waals surface area contributed by atoms with Crippen molar-refractivity contribution in [2.24, 2.45) is 50.7 Å². The van der Waals surface area contributed by atoms with Crippen LogP contribution in [0.15, 0.2) is 12.2 Å². The van der Waals surface area contributed by atoms with Gasteiger partial charge in [-0.1, -0.05) is 41.2 Å². The van der Waals surface area contributed by atoms with Crippen LogP contribution in [0, 0.1) is 50.7 Å². The summed E-state index contributed by atoms with van der Waals surface area (Å²) in [7, 11) is 0. The van der Waals surface area contributed by atoms with E-state index in [1.807, 2.05) is 0 Å². The van der Waals surface area contributed by atoms with Crippen LogP contribution in [0.5, 0.6) is 0 Å². The quantitative estimate of drug-likeness (QED) is 0.125. The summed E-state index contributed by atoms with van der Waals surface area (Å²) in [6, 6.07) is 0. The Hall–Kier alpha value is -1.60. The second-order valence-corrected chi connectivity index (χ2v) is 18.7. The van der Waals surface area contributed by atoms with Gasteiger partial charge in [0.1, 0.15) is 43.2 Å². The normalized spacial score (nSPS) is 48.5. The summed E-state index contributed by atoms with van der Waals surface area (Å²) in [5.74, 6) is 0.0697. The first-order valence-electron chi connectivity index (χ1n) is 19.3. The summed E-state index contributed by atoms with van der Waals surface area (Å²) < 4.78 is 24.3. The molecule has 17 atom stereocenters. The van der Waals surface area contributed by atoms with Gasteiger partial charge in [0.05, 0.1) is 12.2 Å². The molecule has 11 nitrogen and oxygen atoms in total. The van der Waals surface area contributed by atoms with Crippen LogP contribution in [-0.4, -0.2) is 99.2 Å². The van der Waals surface area contributed by atoms with Crippen LogP contribution in [0.25, 0.3) is 0 Å². The van der Waals surface area contributed by atoms with Gasteiger partial charge < -0.3 is 44.5 Å². The topological polar surface area (TPSA) is 172 Å². The number of carbonyl (C=O) groups is 2. The highest BCUT2D eigenvalue weighted by molar-refractivity contribution is 5.66. The number of ether oxygens (including phenoxy) is 4. The second-order valence-electron chi connectivity index (χ2n) is 18.7. The lowest BCUT2D eigenvalue weighted by Gasteiger charge is -2.69. The minimum Gasteiger partial charge on any atom is -0.463 e. The summed E-state index contributed by atoms with van der Waals surface area (Å²) >= 11 is 0. The third-order valence-corrected chi connectivity index (χ3v) is 16.0. The van der Waals surface area contributed by atoms with Crippen LogP contribution in [0.1, 0.15) is 113 Å². The molecule has 1 saturated heterocycles. The van der Waals surface area contributed by atoms with Gasteiger partial charge in [-0.2, -0.15) is 0 Å². The van der Waals surface area contributed by atoms with Crippen molar-refractivity contribution in [3.05, 3.63) is 12.2 Å². The minimum absolute atomic E-state index is 0.0514. The van der Waals surface area contributed by atoms with E-state index in [0.717, 1.165) is 44.9 Å². The Morgan fingerprint density at radius 3 is 2.20 bits per heavy atom. The molecule has 6 fully saturated rings. The first-order chi connectivity index (χ1) is 23.7. The van der Waals surface area contributed by atoms with Gasteiger partial charge in [0.2, 0.25) is 0 Å². The van der Waals surface area contributed by atoms with Crippen molar-refractivity contribution in [2.75, 3.05) is 6.61 Å². The lowest BCUT2D eigenvalue weighted by Crippen LogP contribution is -2.68. The van der Waals surface area contributed by atoms with E-state index in [-0.39, 0.29) is 63.5 Å². The third-order valence-electron chi connectivity index (χ3n) is 16.0. The molecule has 0 aromatic rings. The summed E-state index contributed by atoms with van der Waals surface area (Å²) in [6.07, 6.45) is -1.44. The van der Waals surface area contributed by atoms with Crippen LogP contribution in [-0.2, 0) is 28.5 Å². The first-order valence-corrected chi connectivity index (χ1v) is 19.3. The zero-order valence-corrected chi connectivity index (χ0v) is 32.0. The molecule has 1 heterocycles. The van der Waals surface area contributed by atoms with E-state index in [1.54, 1.807) is 6.92 Å². The Morgan fingerprint density at radius 2 is 1.57 bits per heavy atom. The van der Waals surface area contributed by atoms with Crippen molar-refractivity contribution in [3.63, 3.8) is 0 Å². The van der Waals surface area contributed by atoms with E-state index in [4.69, 9.17) is 18.9 Å². The van der Waals surface area contributed by atoms with Crippen molar-refractivity contribution in [2.45, 2.75) is 168 Å². The molecule has 1 aliphatic heterocycles. The molecule has 0 bridgehead atoms. The largest absolute Gasteiger partial charge is 0.463 e. The molecule has 0 unspecified atom stereocenters. The smallest absolute Gasteiger partial charge is 0.302 e. The van der Waals surface area contributed by atoms with E-state index in [9.17, 15) is 35.1 Å². The molecule has 5 aliphatic carbocycles. The average molecular weight is 721 g/mol. The number of hydrogen-bond donors (Lipinski definition) is 5. The Morgan fingerprint density at radius 1 is 0.882 bits per heavy atom. The fraction of sp³-hybridized carbons (Fsp3) is 0.900. The van der Waals surface area contributed by atoms with Crippen LogP contribution in [0.4, 0.5) is 0 Å². The molecule has 0 amide bonds. The van der Waals surface area contributed by atoms with Crippen molar-refractivity contribution in [3.8, 4) is 0 Å². The Labute approximate surface area is 303 Å². The lowest BCUT2D eigenvalue weighted by molar-refractivity contribution is -0.344. The van der Waals surface area contributed by atoms with Crippen LogP contribution in [0.3, 0.4) is 0 Å². The predicted octanol–water partition coefficient (Wildman–Crippen LogP) is 4.05. The lowest BCUT2D eigenvalue weighted by atomic mass is 9.37. The summed E-state index contributed by atoms with van der Waals surface area (Å²) in [5.41, 5.74) is -0.234. The van der Waals surface area contributed by atoms with Crippen LogP contribution >= 0.6 is 0 Å². The number of rotatable bonds is 10. The standard InChI is InChI=1S/C40H64O11/c1-20(2)31(44)25(43)16-21(3)24-10-15-40-19-39(24,40)14-11-27-37(8)13-12-29(49-23(5)42)36(6,7)28(37)17-30(38(27,40)9)51-35-34(47)33(46)32(45)26(50-35)18-48-22(4)41/h21,24-35,43-47H,1,10-19H2,2-9H3/t21-,24-,25-,26-,27+,28+,29+,30+,31-,32-,33+,34-,35+,37+,38-,39+,40+/m0/s1. The number of esters is 2. The molecule has 5 N–H and O–H groups in total.